The van der Waals surface area contributed by atoms with Crippen molar-refractivity contribution in [1.29, 1.82) is 0 Å². The number of hydrogen-bond donors (Lipinski definition) is 0. The van der Waals surface area contributed by atoms with Gasteiger partial charge in [0.2, 0.25) is 0 Å². The maximum atomic E-state index is 5.18. The second kappa shape index (κ2) is 7.25. The number of hydrogen-bond acceptors (Lipinski definition) is 2. The number of rotatable bonds is 4. The van der Waals surface area contributed by atoms with E-state index in [4.69, 9.17) is 4.74 Å². The molecule has 0 saturated heterocycles. The molecule has 0 saturated carbocycles. The molecule has 3 heteroatoms. The Morgan fingerprint density at radius 2 is 1.90 bits per heavy atom. The Labute approximate surface area is 68.6 Å². The van der Waals surface area contributed by atoms with Crippen LogP contribution in [-0.4, -0.2) is 43.3 Å². The third-order valence-corrected chi connectivity index (χ3v) is 1.38. The van der Waals surface area contributed by atoms with E-state index in [-0.39, 0.29) is 11.0 Å². The molecule has 2 nitrogen and oxygen atoms in total. The summed E-state index contributed by atoms with van der Waals surface area (Å²) in [6.07, 6.45) is 2.59. The van der Waals surface area contributed by atoms with Gasteiger partial charge in [-0.1, -0.05) is 13.3 Å². The minimum atomic E-state index is 0. The molecule has 0 aliphatic heterocycles. The van der Waals surface area contributed by atoms with Gasteiger partial charge in [-0.3, -0.25) is 4.90 Å². The van der Waals surface area contributed by atoms with E-state index in [9.17, 15) is 0 Å². The highest BCUT2D eigenvalue weighted by Gasteiger charge is 2.06. The van der Waals surface area contributed by atoms with Crippen LogP contribution in [0.1, 0.15) is 19.8 Å². The molecule has 0 heterocycles. The van der Waals surface area contributed by atoms with Crippen LogP contribution in [-0.2, 0) is 4.74 Å². The van der Waals surface area contributed by atoms with Crippen molar-refractivity contribution in [1.82, 2.24) is 4.90 Å². The zero-order valence-electron chi connectivity index (χ0n) is 6.85. The van der Waals surface area contributed by atoms with E-state index in [0.717, 1.165) is 6.42 Å². The molecule has 64 valence electrons. The fourth-order valence-electron chi connectivity index (χ4n) is 0.834. The first-order valence-corrected chi connectivity index (χ1v) is 3.41. The summed E-state index contributed by atoms with van der Waals surface area (Å²) in [5, 5.41) is 0. The van der Waals surface area contributed by atoms with Crippen molar-refractivity contribution < 1.29 is 4.74 Å². The summed E-state index contributed by atoms with van der Waals surface area (Å²) in [7, 11) is 5.81. The van der Waals surface area contributed by atoms with Gasteiger partial charge in [-0.25, -0.2) is 0 Å². The van der Waals surface area contributed by atoms with Gasteiger partial charge >= 0.3 is 0 Å². The highest BCUT2D eigenvalue weighted by Crippen LogP contribution is 2.01. The van der Waals surface area contributed by atoms with E-state index < -0.39 is 0 Å². The van der Waals surface area contributed by atoms with Crippen molar-refractivity contribution in [2.75, 3.05) is 21.2 Å². The van der Waals surface area contributed by atoms with Crippen LogP contribution in [0.2, 0.25) is 0 Å². The van der Waals surface area contributed by atoms with E-state index in [0.29, 0.717) is 6.23 Å². The SMILES string of the molecule is CCCC(OC)N(C)C.[SiH4]. The molecular weight excluding hydrogens is 142 g/mol. The molecule has 0 aromatic heterocycles. The average molecular weight is 163 g/mol. The number of ether oxygens (including phenoxy) is 1. The van der Waals surface area contributed by atoms with E-state index in [2.05, 4.69) is 11.8 Å². The maximum Gasteiger partial charge on any atom is 0.109 e. The molecule has 0 aromatic carbocycles. The van der Waals surface area contributed by atoms with Crippen molar-refractivity contribution >= 4 is 11.0 Å². The molecule has 0 fully saturated rings. The molecule has 0 amide bonds. The molecule has 1 unspecified atom stereocenters. The molecule has 0 bridgehead atoms. The fraction of sp³-hybridized carbons (Fsp3) is 1.00. The Kier molecular flexibility index (Phi) is 9.26. The standard InChI is InChI=1S/C7H17NO.H4Si/c1-5-6-7(9-4)8(2)3;/h7H,5-6H2,1-4H3;1H4. The molecule has 0 aliphatic carbocycles. The monoisotopic (exact) mass is 163 g/mol. The molecule has 0 N–H and O–H groups in total. The van der Waals surface area contributed by atoms with Crippen LogP contribution in [0, 0.1) is 0 Å². The summed E-state index contributed by atoms with van der Waals surface area (Å²) in [4.78, 5) is 2.09. The second-order valence-electron chi connectivity index (χ2n) is 2.44. The quantitative estimate of drug-likeness (QED) is 0.423. The largest absolute Gasteiger partial charge is 0.366 e. The van der Waals surface area contributed by atoms with Crippen LogP contribution >= 0.6 is 0 Å². The van der Waals surface area contributed by atoms with Gasteiger partial charge in [0.15, 0.2) is 0 Å². The summed E-state index contributed by atoms with van der Waals surface area (Å²) in [6.45, 7) is 2.16. The van der Waals surface area contributed by atoms with Crippen molar-refractivity contribution in [3.63, 3.8) is 0 Å². The van der Waals surface area contributed by atoms with Gasteiger partial charge in [-0.05, 0) is 31.5 Å². The Morgan fingerprint density at radius 3 is 2.00 bits per heavy atom. The first kappa shape index (κ1) is 12.8. The predicted molar refractivity (Wildman–Crippen MR) is 50.7 cm³/mol. The summed E-state index contributed by atoms with van der Waals surface area (Å²) >= 11 is 0. The Hall–Kier alpha value is 0.137. The van der Waals surface area contributed by atoms with Crippen LogP contribution < -0.4 is 0 Å². The fourth-order valence-corrected chi connectivity index (χ4v) is 0.834. The lowest BCUT2D eigenvalue weighted by Gasteiger charge is -2.21. The van der Waals surface area contributed by atoms with Crippen molar-refractivity contribution in [2.45, 2.75) is 26.0 Å². The number of methoxy groups -OCH3 is 1. The lowest BCUT2D eigenvalue weighted by Crippen LogP contribution is -2.29. The van der Waals surface area contributed by atoms with Crippen molar-refractivity contribution in [3.05, 3.63) is 0 Å². The summed E-state index contributed by atoms with van der Waals surface area (Å²) in [6, 6.07) is 0. The van der Waals surface area contributed by atoms with Crippen LogP contribution in [0.3, 0.4) is 0 Å². The zero-order valence-corrected chi connectivity index (χ0v) is 6.85. The number of nitrogens with zero attached hydrogens (tertiary/aromatic N) is 1. The summed E-state index contributed by atoms with van der Waals surface area (Å²) < 4.78 is 5.18. The van der Waals surface area contributed by atoms with Crippen molar-refractivity contribution in [2.24, 2.45) is 0 Å². The van der Waals surface area contributed by atoms with Gasteiger partial charge in [0, 0.05) is 7.11 Å². The third-order valence-electron chi connectivity index (χ3n) is 1.38. The summed E-state index contributed by atoms with van der Waals surface area (Å²) in [5.41, 5.74) is 0. The Morgan fingerprint density at radius 1 is 1.40 bits per heavy atom. The van der Waals surface area contributed by atoms with Crippen molar-refractivity contribution in [3.8, 4) is 0 Å². The van der Waals surface area contributed by atoms with Gasteiger partial charge < -0.3 is 4.74 Å². The minimum Gasteiger partial charge on any atom is -0.366 e. The molecular formula is C7H21NOSi. The highest BCUT2D eigenvalue weighted by atomic mass is 28.1. The van der Waals surface area contributed by atoms with E-state index in [1.807, 2.05) is 14.1 Å². The lowest BCUT2D eigenvalue weighted by atomic mass is 10.3. The smallest absolute Gasteiger partial charge is 0.109 e. The topological polar surface area (TPSA) is 12.5 Å². The highest BCUT2D eigenvalue weighted by molar-refractivity contribution is 5.75. The Balaban J connectivity index is 0. The molecule has 0 aliphatic rings. The van der Waals surface area contributed by atoms with E-state index in [1.54, 1.807) is 7.11 Å². The second-order valence-corrected chi connectivity index (χ2v) is 2.44. The van der Waals surface area contributed by atoms with Gasteiger partial charge in [0.05, 0.1) is 0 Å². The molecule has 0 spiro atoms. The van der Waals surface area contributed by atoms with E-state index >= 15 is 0 Å². The molecule has 0 rings (SSSR count). The summed E-state index contributed by atoms with van der Waals surface area (Å²) in [5.74, 6) is 0. The van der Waals surface area contributed by atoms with Gasteiger partial charge in [-0.2, -0.15) is 0 Å². The van der Waals surface area contributed by atoms with Crippen LogP contribution in [0.5, 0.6) is 0 Å². The molecule has 10 heavy (non-hydrogen) atoms. The molecule has 1 atom stereocenters. The normalized spacial score (nSPS) is 12.9. The van der Waals surface area contributed by atoms with Crippen LogP contribution in [0.15, 0.2) is 0 Å². The Bertz CT molecular complexity index is 68.6. The van der Waals surface area contributed by atoms with Gasteiger partial charge in [0.1, 0.15) is 6.23 Å². The first-order chi connectivity index (χ1) is 4.22. The van der Waals surface area contributed by atoms with E-state index in [1.165, 1.54) is 6.42 Å². The first-order valence-electron chi connectivity index (χ1n) is 3.41. The third kappa shape index (κ3) is 4.96. The van der Waals surface area contributed by atoms with Gasteiger partial charge in [0.25, 0.3) is 0 Å². The average Bonchev–Trinajstić information content (AvgIpc) is 1.82. The maximum absolute atomic E-state index is 5.18. The van der Waals surface area contributed by atoms with Crippen LogP contribution in [0.4, 0.5) is 0 Å². The minimum absolute atomic E-state index is 0. The molecule has 0 aromatic rings. The van der Waals surface area contributed by atoms with Gasteiger partial charge in [-0.15, -0.1) is 0 Å². The lowest BCUT2D eigenvalue weighted by molar-refractivity contribution is -0.00954. The predicted octanol–water partition coefficient (Wildman–Crippen LogP) is -0.131. The molecule has 0 radical (unpaired) electrons. The van der Waals surface area contributed by atoms with Crippen LogP contribution in [0.25, 0.3) is 0 Å². The zero-order chi connectivity index (χ0) is 7.28.